The summed E-state index contributed by atoms with van der Waals surface area (Å²) in [6, 6.07) is 1.18. The van der Waals surface area contributed by atoms with E-state index in [-0.39, 0.29) is 5.82 Å². The van der Waals surface area contributed by atoms with Gasteiger partial charge in [0.05, 0.1) is 0 Å². The van der Waals surface area contributed by atoms with Crippen LogP contribution in [0.1, 0.15) is 5.69 Å². The Labute approximate surface area is 110 Å². The Kier molecular flexibility index (Phi) is 3.83. The Bertz CT molecular complexity index is 466. The van der Waals surface area contributed by atoms with Crippen molar-refractivity contribution in [3.8, 4) is 0 Å². The van der Waals surface area contributed by atoms with Gasteiger partial charge in [-0.15, -0.1) is 10.2 Å². The highest BCUT2D eigenvalue weighted by Crippen LogP contribution is 2.28. The lowest BCUT2D eigenvalue weighted by Gasteiger charge is -2.33. The second-order valence-electron chi connectivity index (χ2n) is 3.90. The van der Waals surface area contributed by atoms with Gasteiger partial charge in [-0.25, -0.2) is 4.79 Å². The minimum Gasteiger partial charge on any atom is -0.480 e. The zero-order valence-electron chi connectivity index (χ0n) is 9.59. The number of hydrogen-bond donors (Lipinski definition) is 1. The predicted molar refractivity (Wildman–Crippen MR) is 63.1 cm³/mol. The van der Waals surface area contributed by atoms with Gasteiger partial charge in [0.25, 0.3) is 0 Å². The lowest BCUT2D eigenvalue weighted by atomic mass is 10.2. The van der Waals surface area contributed by atoms with Crippen LogP contribution in [0.2, 0.25) is 0 Å². The second-order valence-corrected chi connectivity index (χ2v) is 5.05. The fraction of sp³-hybridized carbons (Fsp3) is 0.500. The number of aromatic nitrogens is 2. The number of anilines is 1. The molecule has 0 saturated carbocycles. The zero-order valence-corrected chi connectivity index (χ0v) is 10.4. The summed E-state index contributed by atoms with van der Waals surface area (Å²) in [5.41, 5.74) is -1.09. The van der Waals surface area contributed by atoms with Gasteiger partial charge in [0.2, 0.25) is 0 Å². The highest BCUT2D eigenvalue weighted by molar-refractivity contribution is 7.99. The van der Waals surface area contributed by atoms with Crippen LogP contribution in [-0.2, 0) is 11.0 Å². The number of carboxylic acid groups (broad SMARTS) is 1. The third-order valence-electron chi connectivity index (χ3n) is 2.65. The van der Waals surface area contributed by atoms with E-state index in [1.807, 2.05) is 0 Å². The minimum absolute atomic E-state index is 0.153. The molecule has 1 N–H and O–H groups in total. The van der Waals surface area contributed by atoms with E-state index in [2.05, 4.69) is 10.2 Å². The molecule has 1 saturated heterocycles. The number of nitrogens with zero attached hydrogens (tertiary/aromatic N) is 3. The van der Waals surface area contributed by atoms with Gasteiger partial charge in [0.15, 0.2) is 11.5 Å². The molecule has 5 nitrogen and oxygen atoms in total. The number of carboxylic acids is 1. The standard InChI is InChI=1S/C10H10F3N3O2S/c11-10(12,13)7-1-2-8(15-14-7)16-3-4-19-5-6(16)9(17)18/h1-2,6H,3-5H2,(H,17,18). The number of hydrogen-bond acceptors (Lipinski definition) is 5. The van der Waals surface area contributed by atoms with Crippen molar-refractivity contribution in [2.45, 2.75) is 12.2 Å². The first-order valence-electron chi connectivity index (χ1n) is 5.37. The van der Waals surface area contributed by atoms with Gasteiger partial charge in [0, 0.05) is 18.1 Å². The maximum absolute atomic E-state index is 12.4. The van der Waals surface area contributed by atoms with E-state index in [0.29, 0.717) is 18.1 Å². The van der Waals surface area contributed by atoms with Crippen molar-refractivity contribution in [1.82, 2.24) is 10.2 Å². The number of thioether (sulfide) groups is 1. The molecule has 1 unspecified atom stereocenters. The predicted octanol–water partition coefficient (Wildman–Crippen LogP) is 1.50. The van der Waals surface area contributed by atoms with Crippen molar-refractivity contribution in [3.63, 3.8) is 0 Å². The van der Waals surface area contributed by atoms with Crippen molar-refractivity contribution >= 4 is 23.5 Å². The number of halogens is 3. The molecule has 1 atom stereocenters. The fourth-order valence-electron chi connectivity index (χ4n) is 1.71. The fourth-order valence-corrected chi connectivity index (χ4v) is 2.75. The average molecular weight is 293 g/mol. The van der Waals surface area contributed by atoms with Gasteiger partial charge in [-0.2, -0.15) is 24.9 Å². The molecular weight excluding hydrogens is 283 g/mol. The summed E-state index contributed by atoms with van der Waals surface area (Å²) in [6.45, 7) is 0.418. The maximum atomic E-state index is 12.4. The van der Waals surface area contributed by atoms with Crippen molar-refractivity contribution in [3.05, 3.63) is 17.8 Å². The van der Waals surface area contributed by atoms with Gasteiger partial charge in [-0.3, -0.25) is 0 Å². The molecular formula is C10H10F3N3O2S. The summed E-state index contributed by atoms with van der Waals surface area (Å²) in [5, 5.41) is 15.7. The molecule has 1 fully saturated rings. The number of aliphatic carboxylic acids is 1. The van der Waals surface area contributed by atoms with Crippen LogP contribution in [0, 0.1) is 0 Å². The molecule has 0 spiro atoms. The minimum atomic E-state index is -4.55. The number of alkyl halides is 3. The zero-order chi connectivity index (χ0) is 14.0. The molecule has 0 bridgehead atoms. The molecule has 104 valence electrons. The van der Waals surface area contributed by atoms with Crippen LogP contribution in [0.3, 0.4) is 0 Å². The van der Waals surface area contributed by atoms with Crippen LogP contribution in [0.4, 0.5) is 19.0 Å². The Balaban J connectivity index is 2.23. The highest BCUT2D eigenvalue weighted by atomic mass is 32.2. The molecule has 0 amide bonds. The lowest BCUT2D eigenvalue weighted by Crippen LogP contribution is -2.48. The van der Waals surface area contributed by atoms with Crippen molar-refractivity contribution in [1.29, 1.82) is 0 Å². The summed E-state index contributed by atoms with van der Waals surface area (Å²) < 4.78 is 37.1. The van der Waals surface area contributed by atoms with E-state index >= 15 is 0 Å². The third kappa shape index (κ3) is 3.09. The van der Waals surface area contributed by atoms with Gasteiger partial charge in [-0.05, 0) is 12.1 Å². The normalized spacial score (nSPS) is 20.4. The molecule has 2 heterocycles. The van der Waals surface area contributed by atoms with E-state index in [9.17, 15) is 18.0 Å². The van der Waals surface area contributed by atoms with Gasteiger partial charge in [-0.1, -0.05) is 0 Å². The molecule has 2 rings (SSSR count). The quantitative estimate of drug-likeness (QED) is 0.891. The summed E-state index contributed by atoms with van der Waals surface area (Å²) in [7, 11) is 0. The van der Waals surface area contributed by atoms with E-state index in [0.717, 1.165) is 12.1 Å². The Hall–Kier alpha value is -1.51. The Morgan fingerprint density at radius 2 is 2.16 bits per heavy atom. The number of carbonyl (C=O) groups is 1. The van der Waals surface area contributed by atoms with E-state index in [4.69, 9.17) is 5.11 Å². The second kappa shape index (κ2) is 5.24. The van der Waals surface area contributed by atoms with Gasteiger partial charge in [0.1, 0.15) is 6.04 Å². The van der Waals surface area contributed by atoms with Crippen LogP contribution in [0.25, 0.3) is 0 Å². The molecule has 0 aromatic carbocycles. The molecule has 19 heavy (non-hydrogen) atoms. The third-order valence-corrected chi connectivity index (χ3v) is 3.67. The van der Waals surface area contributed by atoms with Gasteiger partial charge >= 0.3 is 12.1 Å². The van der Waals surface area contributed by atoms with E-state index < -0.39 is 23.9 Å². The summed E-state index contributed by atoms with van der Waals surface area (Å²) >= 11 is 1.49. The first-order valence-corrected chi connectivity index (χ1v) is 6.53. The smallest absolute Gasteiger partial charge is 0.435 e. The SMILES string of the molecule is O=C(O)C1CSCCN1c1ccc(C(F)(F)F)nn1. The lowest BCUT2D eigenvalue weighted by molar-refractivity contribution is -0.142. The highest BCUT2D eigenvalue weighted by Gasteiger charge is 2.34. The monoisotopic (exact) mass is 293 g/mol. The molecule has 1 aromatic heterocycles. The average Bonchev–Trinajstić information content (AvgIpc) is 2.38. The van der Waals surface area contributed by atoms with Crippen LogP contribution < -0.4 is 4.90 Å². The van der Waals surface area contributed by atoms with Crippen molar-refractivity contribution < 1.29 is 23.1 Å². The van der Waals surface area contributed by atoms with Crippen LogP contribution in [-0.4, -0.2) is 45.4 Å². The maximum Gasteiger partial charge on any atom is 0.435 e. The Morgan fingerprint density at radius 3 is 2.68 bits per heavy atom. The summed E-state index contributed by atoms with van der Waals surface area (Å²) in [4.78, 5) is 12.5. The molecule has 1 aromatic rings. The molecule has 9 heteroatoms. The van der Waals surface area contributed by atoms with E-state index in [1.54, 1.807) is 0 Å². The molecule has 0 radical (unpaired) electrons. The largest absolute Gasteiger partial charge is 0.480 e. The van der Waals surface area contributed by atoms with Crippen LogP contribution in [0.5, 0.6) is 0 Å². The van der Waals surface area contributed by atoms with Crippen LogP contribution in [0.15, 0.2) is 12.1 Å². The molecule has 0 aliphatic carbocycles. The molecule has 1 aliphatic heterocycles. The summed E-state index contributed by atoms with van der Waals surface area (Å²) in [5.74, 6) is 0.208. The topological polar surface area (TPSA) is 66.3 Å². The van der Waals surface area contributed by atoms with Crippen LogP contribution >= 0.6 is 11.8 Å². The van der Waals surface area contributed by atoms with Crippen molar-refractivity contribution in [2.75, 3.05) is 23.0 Å². The van der Waals surface area contributed by atoms with Crippen molar-refractivity contribution in [2.24, 2.45) is 0 Å². The molecule has 1 aliphatic rings. The van der Waals surface area contributed by atoms with E-state index in [1.165, 1.54) is 16.7 Å². The first kappa shape index (κ1) is 13.9. The number of rotatable bonds is 2. The first-order chi connectivity index (χ1) is 8.89. The summed E-state index contributed by atoms with van der Waals surface area (Å²) in [6.07, 6.45) is -4.55. The van der Waals surface area contributed by atoms with Gasteiger partial charge < -0.3 is 10.0 Å². The Morgan fingerprint density at radius 1 is 1.42 bits per heavy atom.